The summed E-state index contributed by atoms with van der Waals surface area (Å²) in [5, 5.41) is 3.20. The molecule has 3 nitrogen and oxygen atoms in total. The van der Waals surface area contributed by atoms with Gasteiger partial charge in [0.25, 0.3) is 0 Å². The zero-order valence-electron chi connectivity index (χ0n) is 14.0. The zero-order valence-corrected chi connectivity index (χ0v) is 14.0. The molecule has 0 aromatic heterocycles. The Bertz CT molecular complexity index is 564. The summed E-state index contributed by atoms with van der Waals surface area (Å²) in [5.41, 5.74) is 0.805. The van der Waals surface area contributed by atoms with Gasteiger partial charge in [0, 0.05) is 5.69 Å². The Balaban J connectivity index is 1.50. The van der Waals surface area contributed by atoms with Crippen LogP contribution in [-0.4, -0.2) is 12.5 Å². The lowest BCUT2D eigenvalue weighted by atomic mass is 9.58. The normalized spacial score (nSPS) is 34.9. The number of anilines is 1. The number of rotatable bonds is 4. The average Bonchev–Trinajstić information content (AvgIpc) is 2.75. The molecule has 1 amide bonds. The van der Waals surface area contributed by atoms with E-state index >= 15 is 0 Å². The maximum absolute atomic E-state index is 13.1. The number of amides is 1. The summed E-state index contributed by atoms with van der Waals surface area (Å²) in [6.45, 7) is 2.64. The van der Waals surface area contributed by atoms with Crippen molar-refractivity contribution in [2.45, 2.75) is 51.9 Å². The highest BCUT2D eigenvalue weighted by Gasteiger charge is 2.52. The minimum atomic E-state index is -0.0917. The van der Waals surface area contributed by atoms with E-state index in [4.69, 9.17) is 4.74 Å². The van der Waals surface area contributed by atoms with Gasteiger partial charge >= 0.3 is 0 Å². The first-order valence-electron chi connectivity index (χ1n) is 9.21. The first-order valence-corrected chi connectivity index (χ1v) is 9.21. The van der Waals surface area contributed by atoms with Crippen molar-refractivity contribution in [3.63, 3.8) is 0 Å². The molecule has 0 saturated heterocycles. The molecule has 1 N–H and O–H groups in total. The smallest absolute Gasteiger partial charge is 0.230 e. The monoisotopic (exact) mass is 313 g/mol. The summed E-state index contributed by atoms with van der Waals surface area (Å²) in [7, 11) is 0. The second kappa shape index (κ2) is 5.85. The van der Waals surface area contributed by atoms with Gasteiger partial charge in [-0.1, -0.05) is 12.8 Å². The molecule has 0 radical (unpaired) electrons. The predicted molar refractivity (Wildman–Crippen MR) is 91.5 cm³/mol. The minimum absolute atomic E-state index is 0.0917. The average molecular weight is 313 g/mol. The maximum atomic E-state index is 13.1. The van der Waals surface area contributed by atoms with Crippen molar-refractivity contribution in [3.05, 3.63) is 24.3 Å². The number of hydrogen-bond donors (Lipinski definition) is 1. The number of nitrogens with one attached hydrogen (secondary N) is 1. The van der Waals surface area contributed by atoms with E-state index in [9.17, 15) is 4.79 Å². The van der Waals surface area contributed by atoms with Gasteiger partial charge in [-0.2, -0.15) is 0 Å². The van der Waals surface area contributed by atoms with Crippen LogP contribution in [0.15, 0.2) is 24.3 Å². The standard InChI is InChI=1S/C20H27NO2/c1-2-23-18-7-5-17(6-8-18)21-19(22)20-11-14-3-4-15(12-20)10-16(9-14)13-20/h5-8,14-16H,2-4,9-13H2,1H3,(H,21,22)/t14-,15-,16?,20?/m1/s1. The van der Waals surface area contributed by atoms with Gasteiger partial charge in [-0.3, -0.25) is 4.79 Å². The zero-order chi connectivity index (χ0) is 15.9. The summed E-state index contributed by atoms with van der Waals surface area (Å²) in [5.74, 6) is 3.49. The Labute approximate surface area is 138 Å². The quantitative estimate of drug-likeness (QED) is 0.880. The number of carbonyl (C=O) groups is 1. The van der Waals surface area contributed by atoms with Crippen LogP contribution in [0.2, 0.25) is 0 Å². The fourth-order valence-corrected chi connectivity index (χ4v) is 5.53. The Morgan fingerprint density at radius 3 is 2.30 bits per heavy atom. The summed E-state index contributed by atoms with van der Waals surface area (Å²) in [4.78, 5) is 13.1. The molecule has 4 aliphatic rings. The summed E-state index contributed by atoms with van der Waals surface area (Å²) < 4.78 is 5.47. The molecule has 5 rings (SSSR count). The first kappa shape index (κ1) is 15.0. The van der Waals surface area contributed by atoms with Crippen molar-refractivity contribution in [2.75, 3.05) is 11.9 Å². The molecule has 4 aliphatic carbocycles. The van der Waals surface area contributed by atoms with Crippen LogP contribution in [0.5, 0.6) is 5.75 Å². The number of fused-ring (bicyclic) bond motifs is 1. The summed E-state index contributed by atoms with van der Waals surface area (Å²) >= 11 is 0. The second-order valence-corrected chi connectivity index (χ2v) is 7.95. The van der Waals surface area contributed by atoms with Crippen LogP contribution in [0.25, 0.3) is 0 Å². The molecular weight excluding hydrogens is 286 g/mol. The third-order valence-electron chi connectivity index (χ3n) is 6.26. The van der Waals surface area contributed by atoms with Gasteiger partial charge in [0.05, 0.1) is 12.0 Å². The predicted octanol–water partition coefficient (Wildman–Crippen LogP) is 4.63. The first-order chi connectivity index (χ1) is 11.2. The number of ether oxygens (including phenoxy) is 1. The molecule has 3 heteroatoms. The molecule has 4 bridgehead atoms. The fourth-order valence-electron chi connectivity index (χ4n) is 5.53. The molecule has 0 unspecified atom stereocenters. The van der Waals surface area contributed by atoms with Crippen LogP contribution in [0.1, 0.15) is 51.9 Å². The van der Waals surface area contributed by atoms with E-state index in [-0.39, 0.29) is 11.3 Å². The van der Waals surface area contributed by atoms with Crippen molar-refractivity contribution >= 4 is 11.6 Å². The number of benzene rings is 1. The van der Waals surface area contributed by atoms with E-state index in [1.54, 1.807) is 0 Å². The molecule has 1 aromatic carbocycles. The molecule has 1 aromatic rings. The van der Waals surface area contributed by atoms with Crippen molar-refractivity contribution in [3.8, 4) is 5.75 Å². The summed E-state index contributed by atoms with van der Waals surface area (Å²) in [6.07, 6.45) is 8.77. The molecule has 4 saturated carbocycles. The molecule has 0 aliphatic heterocycles. The van der Waals surface area contributed by atoms with Crippen molar-refractivity contribution in [1.29, 1.82) is 0 Å². The fraction of sp³-hybridized carbons (Fsp3) is 0.650. The van der Waals surface area contributed by atoms with E-state index < -0.39 is 0 Å². The van der Waals surface area contributed by atoms with E-state index in [2.05, 4.69) is 5.32 Å². The third-order valence-corrected chi connectivity index (χ3v) is 6.26. The lowest BCUT2D eigenvalue weighted by Gasteiger charge is -2.47. The highest BCUT2D eigenvalue weighted by molar-refractivity contribution is 5.95. The Morgan fingerprint density at radius 2 is 1.70 bits per heavy atom. The van der Waals surface area contributed by atoms with Gasteiger partial charge in [-0.05, 0) is 81.0 Å². The molecular formula is C20H27NO2. The van der Waals surface area contributed by atoms with Gasteiger partial charge in [-0.15, -0.1) is 0 Å². The lowest BCUT2D eigenvalue weighted by Crippen LogP contribution is -2.45. The van der Waals surface area contributed by atoms with Crippen molar-refractivity contribution < 1.29 is 9.53 Å². The van der Waals surface area contributed by atoms with Crippen LogP contribution in [0.3, 0.4) is 0 Å². The van der Waals surface area contributed by atoms with Crippen molar-refractivity contribution in [2.24, 2.45) is 23.2 Å². The van der Waals surface area contributed by atoms with Gasteiger partial charge in [0.15, 0.2) is 0 Å². The molecule has 0 heterocycles. The van der Waals surface area contributed by atoms with E-state index in [0.717, 1.165) is 48.5 Å². The van der Waals surface area contributed by atoms with Crippen LogP contribution in [0, 0.1) is 23.2 Å². The number of carbonyl (C=O) groups excluding carboxylic acids is 1. The van der Waals surface area contributed by atoms with E-state index in [1.807, 2.05) is 31.2 Å². The van der Waals surface area contributed by atoms with Crippen LogP contribution >= 0.6 is 0 Å². The largest absolute Gasteiger partial charge is 0.494 e. The van der Waals surface area contributed by atoms with Crippen LogP contribution in [-0.2, 0) is 4.79 Å². The van der Waals surface area contributed by atoms with Gasteiger partial charge in [0.2, 0.25) is 5.91 Å². The minimum Gasteiger partial charge on any atom is -0.494 e. The van der Waals surface area contributed by atoms with E-state index in [0.29, 0.717) is 6.61 Å². The topological polar surface area (TPSA) is 38.3 Å². The van der Waals surface area contributed by atoms with Crippen molar-refractivity contribution in [1.82, 2.24) is 0 Å². The highest BCUT2D eigenvalue weighted by Crippen LogP contribution is 2.58. The Kier molecular flexibility index (Phi) is 3.82. The van der Waals surface area contributed by atoms with Gasteiger partial charge in [-0.25, -0.2) is 0 Å². The Morgan fingerprint density at radius 1 is 1.09 bits per heavy atom. The molecule has 0 spiro atoms. The molecule has 124 valence electrons. The highest BCUT2D eigenvalue weighted by atomic mass is 16.5. The van der Waals surface area contributed by atoms with E-state index in [1.165, 1.54) is 25.7 Å². The molecule has 2 atom stereocenters. The third kappa shape index (κ3) is 2.86. The SMILES string of the molecule is CCOc1ccc(NC(=O)C23CC4C[C@@H](CC[C@H](C4)C2)C3)cc1. The molecule has 4 fully saturated rings. The van der Waals surface area contributed by atoms with Gasteiger partial charge < -0.3 is 10.1 Å². The second-order valence-electron chi connectivity index (χ2n) is 7.95. The van der Waals surface area contributed by atoms with Crippen LogP contribution < -0.4 is 10.1 Å². The summed E-state index contributed by atoms with van der Waals surface area (Å²) in [6, 6.07) is 7.78. The van der Waals surface area contributed by atoms with Gasteiger partial charge in [0.1, 0.15) is 5.75 Å². The van der Waals surface area contributed by atoms with Crippen LogP contribution in [0.4, 0.5) is 5.69 Å². The lowest BCUT2D eigenvalue weighted by molar-refractivity contribution is -0.132. The maximum Gasteiger partial charge on any atom is 0.230 e. The Hall–Kier alpha value is -1.51. The number of hydrogen-bond acceptors (Lipinski definition) is 2. The molecule has 23 heavy (non-hydrogen) atoms.